The minimum absolute atomic E-state index is 0.108. The van der Waals surface area contributed by atoms with E-state index in [1.165, 1.54) is 10.6 Å². The van der Waals surface area contributed by atoms with E-state index in [1.54, 1.807) is 12.3 Å². The van der Waals surface area contributed by atoms with Crippen LogP contribution in [0.3, 0.4) is 0 Å². The van der Waals surface area contributed by atoms with Crippen LogP contribution in [0.25, 0.3) is 0 Å². The molecule has 2 aromatic rings. The van der Waals surface area contributed by atoms with Gasteiger partial charge in [0, 0.05) is 12.7 Å². The van der Waals surface area contributed by atoms with Crippen LogP contribution >= 0.6 is 0 Å². The van der Waals surface area contributed by atoms with Gasteiger partial charge in [-0.25, -0.2) is 0 Å². The number of benzene rings is 1. The summed E-state index contributed by atoms with van der Waals surface area (Å²) in [6.07, 6.45) is 5.02. The summed E-state index contributed by atoms with van der Waals surface area (Å²) < 4.78 is 1.54. The first-order valence-corrected chi connectivity index (χ1v) is 8.72. The van der Waals surface area contributed by atoms with E-state index in [2.05, 4.69) is 5.32 Å². The van der Waals surface area contributed by atoms with Gasteiger partial charge in [-0.05, 0) is 37.5 Å². The molecule has 0 unspecified atom stereocenters. The molecule has 0 aliphatic heterocycles. The van der Waals surface area contributed by atoms with Crippen LogP contribution in [0, 0.1) is 6.92 Å². The van der Waals surface area contributed by atoms with Gasteiger partial charge in [-0.2, -0.15) is 0 Å². The Morgan fingerprint density at radius 1 is 1.24 bits per heavy atom. The predicted molar refractivity (Wildman–Crippen MR) is 96.7 cm³/mol. The lowest BCUT2D eigenvalue weighted by molar-refractivity contribution is 0.0449. The number of aromatic nitrogens is 1. The van der Waals surface area contributed by atoms with E-state index in [4.69, 9.17) is 0 Å². The van der Waals surface area contributed by atoms with Gasteiger partial charge in [-0.3, -0.25) is 9.59 Å². The average molecular weight is 340 g/mol. The van der Waals surface area contributed by atoms with Gasteiger partial charge < -0.3 is 15.0 Å². The van der Waals surface area contributed by atoms with Crippen molar-refractivity contribution in [2.75, 3.05) is 6.54 Å². The lowest BCUT2D eigenvalue weighted by atomic mass is 10.0. The fraction of sp³-hybridized carbons (Fsp3) is 0.400. The first-order chi connectivity index (χ1) is 12.0. The second-order valence-corrected chi connectivity index (χ2v) is 6.96. The van der Waals surface area contributed by atoms with Gasteiger partial charge >= 0.3 is 0 Å². The Morgan fingerprint density at radius 3 is 2.72 bits per heavy atom. The highest BCUT2D eigenvalue weighted by molar-refractivity contribution is 5.93. The average Bonchev–Trinajstić information content (AvgIpc) is 3.02. The monoisotopic (exact) mass is 340 g/mol. The molecule has 0 atom stereocenters. The van der Waals surface area contributed by atoms with Crippen LogP contribution in [0.1, 0.15) is 47.2 Å². The summed E-state index contributed by atoms with van der Waals surface area (Å²) in [4.78, 5) is 25.0. The second kappa shape index (κ2) is 7.23. The summed E-state index contributed by atoms with van der Waals surface area (Å²) in [7, 11) is 0. The summed E-state index contributed by atoms with van der Waals surface area (Å²) in [6.45, 7) is 2.62. The number of hydrogen-bond donors (Lipinski definition) is 2. The highest BCUT2D eigenvalue weighted by Gasteiger charge is 2.31. The molecule has 0 saturated heterocycles. The maximum absolute atomic E-state index is 12.6. The molecule has 1 aromatic carbocycles. The zero-order valence-electron chi connectivity index (χ0n) is 14.5. The van der Waals surface area contributed by atoms with E-state index in [0.29, 0.717) is 19.4 Å². The number of aryl methyl sites for hydroxylation is 1. The van der Waals surface area contributed by atoms with Gasteiger partial charge in [-0.1, -0.05) is 42.7 Å². The molecule has 5 heteroatoms. The summed E-state index contributed by atoms with van der Waals surface area (Å²) in [5.74, 6) is -0.427. The number of hydrogen-bond acceptors (Lipinski definition) is 3. The Morgan fingerprint density at radius 2 is 2.00 bits per heavy atom. The number of rotatable bonds is 5. The highest BCUT2D eigenvalue weighted by Crippen LogP contribution is 2.28. The highest BCUT2D eigenvalue weighted by atomic mass is 16.3. The smallest absolute Gasteiger partial charge is 0.263 e. The van der Waals surface area contributed by atoms with Crippen LogP contribution in [0.2, 0.25) is 0 Å². The fourth-order valence-corrected chi connectivity index (χ4v) is 3.39. The van der Waals surface area contributed by atoms with E-state index in [-0.39, 0.29) is 17.7 Å². The molecule has 1 aliphatic rings. The van der Waals surface area contributed by atoms with Crippen molar-refractivity contribution in [3.05, 3.63) is 69.6 Å². The Labute approximate surface area is 147 Å². The van der Waals surface area contributed by atoms with Crippen LogP contribution in [0.4, 0.5) is 0 Å². The molecular weight excluding hydrogens is 316 g/mol. The van der Waals surface area contributed by atoms with Gasteiger partial charge in [0.05, 0.1) is 12.1 Å². The SMILES string of the molecule is Cc1cccc(Cn2cccc(C(=O)NCC3(O)CCCC3)c2=O)c1. The minimum Gasteiger partial charge on any atom is -0.388 e. The maximum Gasteiger partial charge on any atom is 0.263 e. The summed E-state index contributed by atoms with van der Waals surface area (Å²) in [5, 5.41) is 13.1. The van der Waals surface area contributed by atoms with Gasteiger partial charge in [0.2, 0.25) is 0 Å². The number of pyridine rings is 1. The third kappa shape index (κ3) is 4.17. The molecule has 3 rings (SSSR count). The Hall–Kier alpha value is -2.40. The predicted octanol–water partition coefficient (Wildman–Crippen LogP) is 2.24. The molecule has 1 saturated carbocycles. The lowest BCUT2D eigenvalue weighted by Crippen LogP contribution is -2.42. The standard InChI is InChI=1S/C20H24N2O3/c1-15-6-4-7-16(12-15)13-22-11-5-8-17(19(22)24)18(23)21-14-20(25)9-2-3-10-20/h4-8,11-12,25H,2-3,9-10,13-14H2,1H3,(H,21,23). The van der Waals surface area contributed by atoms with E-state index < -0.39 is 11.5 Å². The first-order valence-electron chi connectivity index (χ1n) is 8.72. The van der Waals surface area contributed by atoms with Crippen molar-refractivity contribution in [3.63, 3.8) is 0 Å². The van der Waals surface area contributed by atoms with Crippen molar-refractivity contribution in [1.29, 1.82) is 0 Å². The van der Waals surface area contributed by atoms with Crippen LogP contribution < -0.4 is 10.9 Å². The second-order valence-electron chi connectivity index (χ2n) is 6.96. The molecule has 132 valence electrons. The number of aliphatic hydroxyl groups is 1. The third-order valence-corrected chi connectivity index (χ3v) is 4.81. The third-order valence-electron chi connectivity index (χ3n) is 4.81. The van der Waals surface area contributed by atoms with E-state index in [1.807, 2.05) is 31.2 Å². The normalized spacial score (nSPS) is 15.9. The molecule has 1 fully saturated rings. The van der Waals surface area contributed by atoms with Crippen LogP contribution in [-0.2, 0) is 6.54 Å². The fourth-order valence-electron chi connectivity index (χ4n) is 3.39. The van der Waals surface area contributed by atoms with Crippen LogP contribution in [0.5, 0.6) is 0 Å². The molecule has 0 radical (unpaired) electrons. The molecule has 0 spiro atoms. The van der Waals surface area contributed by atoms with Crippen molar-refractivity contribution < 1.29 is 9.90 Å². The topological polar surface area (TPSA) is 71.3 Å². The van der Waals surface area contributed by atoms with Crippen molar-refractivity contribution in [1.82, 2.24) is 9.88 Å². The van der Waals surface area contributed by atoms with E-state index in [9.17, 15) is 14.7 Å². The van der Waals surface area contributed by atoms with Crippen LogP contribution in [-0.4, -0.2) is 27.7 Å². The first kappa shape index (κ1) is 17.4. The molecule has 2 N–H and O–H groups in total. The van der Waals surface area contributed by atoms with E-state index >= 15 is 0 Å². The number of carbonyl (C=O) groups excluding carboxylic acids is 1. The van der Waals surface area contributed by atoms with Gasteiger partial charge in [0.15, 0.2) is 0 Å². The number of amides is 1. The van der Waals surface area contributed by atoms with Crippen LogP contribution in [0.15, 0.2) is 47.4 Å². The van der Waals surface area contributed by atoms with Crippen molar-refractivity contribution in [2.45, 2.75) is 44.8 Å². The van der Waals surface area contributed by atoms with E-state index in [0.717, 1.165) is 24.0 Å². The molecule has 5 nitrogen and oxygen atoms in total. The summed E-state index contributed by atoms with van der Waals surface area (Å²) in [5.41, 5.74) is 1.10. The Kier molecular flexibility index (Phi) is 5.04. The molecule has 1 amide bonds. The zero-order valence-corrected chi connectivity index (χ0v) is 14.5. The molecule has 1 aliphatic carbocycles. The largest absolute Gasteiger partial charge is 0.388 e. The lowest BCUT2D eigenvalue weighted by Gasteiger charge is -2.22. The number of nitrogens with one attached hydrogen (secondary N) is 1. The van der Waals surface area contributed by atoms with Crippen molar-refractivity contribution >= 4 is 5.91 Å². The molecule has 0 bridgehead atoms. The summed E-state index contributed by atoms with van der Waals surface area (Å²) in [6, 6.07) is 11.2. The molecule has 25 heavy (non-hydrogen) atoms. The van der Waals surface area contributed by atoms with Crippen molar-refractivity contribution in [2.24, 2.45) is 0 Å². The minimum atomic E-state index is -0.828. The number of nitrogens with zero attached hydrogens (tertiary/aromatic N) is 1. The molecule has 1 aromatic heterocycles. The summed E-state index contributed by atoms with van der Waals surface area (Å²) >= 11 is 0. The maximum atomic E-state index is 12.6. The zero-order chi connectivity index (χ0) is 17.9. The Bertz CT molecular complexity index is 820. The van der Waals surface area contributed by atoms with Gasteiger partial charge in [0.1, 0.15) is 5.56 Å². The van der Waals surface area contributed by atoms with Gasteiger partial charge in [-0.15, -0.1) is 0 Å². The Balaban J connectivity index is 1.74. The number of carbonyl (C=O) groups is 1. The molecule has 1 heterocycles. The quantitative estimate of drug-likeness (QED) is 0.877. The van der Waals surface area contributed by atoms with Gasteiger partial charge in [0.25, 0.3) is 11.5 Å². The van der Waals surface area contributed by atoms with Crippen molar-refractivity contribution in [3.8, 4) is 0 Å². The molecular formula is C20H24N2O3.